The molecule has 4 heteroatoms. The average molecular weight is 266 g/mol. The van der Waals surface area contributed by atoms with Gasteiger partial charge in [0.05, 0.1) is 0 Å². The second kappa shape index (κ2) is 7.67. The molecule has 1 aromatic carbocycles. The van der Waals surface area contributed by atoms with Crippen LogP contribution in [0.3, 0.4) is 0 Å². The van der Waals surface area contributed by atoms with Crippen LogP contribution in [0.2, 0.25) is 0 Å². The Morgan fingerprint density at radius 1 is 1.26 bits per heavy atom. The number of hydrogen-bond donors (Lipinski definition) is 2. The number of esters is 1. The standard InChI is InChI=1S/C15H22O4/c1-3-5-6-11(4-2)9-15(18)19-12-7-8-13(16)14(17)10-12/h7-8,10-11,16-17H,3-6,9H2,1-2H3. The summed E-state index contributed by atoms with van der Waals surface area (Å²) in [5.74, 6) is -0.214. The van der Waals surface area contributed by atoms with E-state index in [0.717, 1.165) is 25.7 Å². The molecule has 0 aliphatic carbocycles. The topological polar surface area (TPSA) is 66.8 Å². The van der Waals surface area contributed by atoms with E-state index in [1.165, 1.54) is 18.2 Å². The first kappa shape index (κ1) is 15.3. The highest BCUT2D eigenvalue weighted by Gasteiger charge is 2.14. The summed E-state index contributed by atoms with van der Waals surface area (Å²) < 4.78 is 5.15. The van der Waals surface area contributed by atoms with Crippen LogP contribution in [0.25, 0.3) is 0 Å². The molecular formula is C15H22O4. The SMILES string of the molecule is CCCCC(CC)CC(=O)Oc1ccc(O)c(O)c1. The van der Waals surface area contributed by atoms with Gasteiger partial charge < -0.3 is 14.9 Å². The van der Waals surface area contributed by atoms with Crippen molar-refractivity contribution in [3.8, 4) is 17.2 Å². The van der Waals surface area contributed by atoms with E-state index in [0.29, 0.717) is 12.3 Å². The first-order valence-corrected chi connectivity index (χ1v) is 6.79. The molecule has 19 heavy (non-hydrogen) atoms. The minimum Gasteiger partial charge on any atom is -0.504 e. The van der Waals surface area contributed by atoms with Crippen LogP contribution >= 0.6 is 0 Å². The van der Waals surface area contributed by atoms with E-state index in [1.54, 1.807) is 0 Å². The van der Waals surface area contributed by atoms with Crippen molar-refractivity contribution in [2.24, 2.45) is 5.92 Å². The fraction of sp³-hybridized carbons (Fsp3) is 0.533. The maximum absolute atomic E-state index is 11.8. The van der Waals surface area contributed by atoms with E-state index in [9.17, 15) is 9.90 Å². The van der Waals surface area contributed by atoms with Crippen LogP contribution in [0.1, 0.15) is 46.0 Å². The summed E-state index contributed by atoms with van der Waals surface area (Å²) in [4.78, 5) is 11.8. The lowest BCUT2D eigenvalue weighted by atomic mass is 9.96. The Balaban J connectivity index is 2.51. The summed E-state index contributed by atoms with van der Waals surface area (Å²) >= 11 is 0. The third-order valence-electron chi connectivity index (χ3n) is 3.18. The number of hydrogen-bond acceptors (Lipinski definition) is 4. The molecule has 1 aromatic rings. The van der Waals surface area contributed by atoms with Crippen LogP contribution in [0, 0.1) is 5.92 Å². The van der Waals surface area contributed by atoms with E-state index < -0.39 is 0 Å². The molecular weight excluding hydrogens is 244 g/mol. The lowest BCUT2D eigenvalue weighted by Gasteiger charge is -2.13. The summed E-state index contributed by atoms with van der Waals surface area (Å²) in [6, 6.07) is 3.99. The molecule has 0 fully saturated rings. The van der Waals surface area contributed by atoms with Gasteiger partial charge in [-0.25, -0.2) is 0 Å². The second-order valence-electron chi connectivity index (χ2n) is 4.75. The van der Waals surface area contributed by atoms with Crippen molar-refractivity contribution in [3.63, 3.8) is 0 Å². The molecule has 1 unspecified atom stereocenters. The number of phenolic OH excluding ortho intramolecular Hbond substituents is 2. The molecule has 2 N–H and O–H groups in total. The average Bonchev–Trinajstić information content (AvgIpc) is 2.38. The van der Waals surface area contributed by atoms with Gasteiger partial charge in [0, 0.05) is 12.5 Å². The van der Waals surface area contributed by atoms with Crippen LogP contribution in [0.5, 0.6) is 17.2 Å². The fourth-order valence-corrected chi connectivity index (χ4v) is 1.92. The van der Waals surface area contributed by atoms with Gasteiger partial charge in [0.25, 0.3) is 0 Å². The molecule has 0 saturated heterocycles. The zero-order valence-electron chi connectivity index (χ0n) is 11.6. The van der Waals surface area contributed by atoms with Crippen molar-refractivity contribution in [1.82, 2.24) is 0 Å². The minimum absolute atomic E-state index is 0.228. The minimum atomic E-state index is -0.298. The molecule has 1 rings (SSSR count). The quantitative estimate of drug-likeness (QED) is 0.449. The summed E-state index contributed by atoms with van der Waals surface area (Å²) in [6.07, 6.45) is 4.61. The fourth-order valence-electron chi connectivity index (χ4n) is 1.92. The Morgan fingerprint density at radius 3 is 2.58 bits per heavy atom. The van der Waals surface area contributed by atoms with Gasteiger partial charge in [0.1, 0.15) is 5.75 Å². The van der Waals surface area contributed by atoms with Gasteiger partial charge in [-0.3, -0.25) is 4.79 Å². The maximum Gasteiger partial charge on any atom is 0.311 e. The first-order chi connectivity index (χ1) is 9.06. The van der Waals surface area contributed by atoms with E-state index in [4.69, 9.17) is 9.84 Å². The molecule has 0 saturated carbocycles. The predicted octanol–water partition coefficient (Wildman–Crippen LogP) is 3.61. The van der Waals surface area contributed by atoms with Crippen molar-refractivity contribution >= 4 is 5.97 Å². The molecule has 106 valence electrons. The van der Waals surface area contributed by atoms with Crippen molar-refractivity contribution in [2.45, 2.75) is 46.0 Å². The molecule has 1 atom stereocenters. The molecule has 0 heterocycles. The van der Waals surface area contributed by atoms with E-state index >= 15 is 0 Å². The number of rotatable bonds is 7. The molecule has 4 nitrogen and oxygen atoms in total. The van der Waals surface area contributed by atoms with Crippen LogP contribution in [-0.4, -0.2) is 16.2 Å². The molecule has 0 amide bonds. The number of ether oxygens (including phenoxy) is 1. The number of benzene rings is 1. The first-order valence-electron chi connectivity index (χ1n) is 6.79. The lowest BCUT2D eigenvalue weighted by molar-refractivity contribution is -0.135. The smallest absolute Gasteiger partial charge is 0.311 e. The van der Waals surface area contributed by atoms with Gasteiger partial charge in [-0.2, -0.15) is 0 Å². The summed E-state index contributed by atoms with van der Waals surface area (Å²) in [7, 11) is 0. The van der Waals surface area contributed by atoms with Gasteiger partial charge in [0.15, 0.2) is 11.5 Å². The Hall–Kier alpha value is -1.71. The van der Waals surface area contributed by atoms with Crippen molar-refractivity contribution < 1.29 is 19.7 Å². The van der Waals surface area contributed by atoms with Crippen molar-refractivity contribution in [1.29, 1.82) is 0 Å². The normalized spacial score (nSPS) is 12.1. The number of aromatic hydroxyl groups is 2. The van der Waals surface area contributed by atoms with Crippen LogP contribution < -0.4 is 4.74 Å². The number of phenols is 2. The largest absolute Gasteiger partial charge is 0.504 e. The zero-order valence-corrected chi connectivity index (χ0v) is 11.6. The van der Waals surface area contributed by atoms with E-state index in [-0.39, 0.29) is 23.2 Å². The third-order valence-corrected chi connectivity index (χ3v) is 3.18. The van der Waals surface area contributed by atoms with Crippen LogP contribution in [0.4, 0.5) is 0 Å². The van der Waals surface area contributed by atoms with Gasteiger partial charge in [-0.15, -0.1) is 0 Å². The maximum atomic E-state index is 11.8. The van der Waals surface area contributed by atoms with Gasteiger partial charge >= 0.3 is 5.97 Å². The molecule has 0 aliphatic heterocycles. The Bertz CT molecular complexity index is 415. The lowest BCUT2D eigenvalue weighted by Crippen LogP contribution is -2.13. The zero-order chi connectivity index (χ0) is 14.3. The number of unbranched alkanes of at least 4 members (excludes halogenated alkanes) is 1. The molecule has 0 radical (unpaired) electrons. The number of carbonyl (C=O) groups excluding carboxylic acids is 1. The van der Waals surface area contributed by atoms with Crippen LogP contribution in [0.15, 0.2) is 18.2 Å². The van der Waals surface area contributed by atoms with Gasteiger partial charge in [-0.05, 0) is 24.5 Å². The van der Waals surface area contributed by atoms with Gasteiger partial charge in [0.2, 0.25) is 0 Å². The third kappa shape index (κ3) is 5.20. The highest BCUT2D eigenvalue weighted by molar-refractivity contribution is 5.72. The van der Waals surface area contributed by atoms with E-state index in [2.05, 4.69) is 13.8 Å². The summed E-state index contributed by atoms with van der Waals surface area (Å²) in [5.41, 5.74) is 0. The molecule has 0 bridgehead atoms. The van der Waals surface area contributed by atoms with Gasteiger partial charge in [-0.1, -0.05) is 33.1 Å². The van der Waals surface area contributed by atoms with Crippen LogP contribution in [-0.2, 0) is 4.79 Å². The molecule has 0 aromatic heterocycles. The Morgan fingerprint density at radius 2 is 2.00 bits per heavy atom. The molecule has 0 spiro atoms. The van der Waals surface area contributed by atoms with Crippen molar-refractivity contribution in [2.75, 3.05) is 0 Å². The monoisotopic (exact) mass is 266 g/mol. The highest BCUT2D eigenvalue weighted by atomic mass is 16.5. The predicted molar refractivity (Wildman–Crippen MR) is 73.3 cm³/mol. The Labute approximate surface area is 114 Å². The highest BCUT2D eigenvalue weighted by Crippen LogP contribution is 2.29. The number of carbonyl (C=O) groups is 1. The van der Waals surface area contributed by atoms with Crippen molar-refractivity contribution in [3.05, 3.63) is 18.2 Å². The van der Waals surface area contributed by atoms with E-state index in [1.807, 2.05) is 0 Å². The second-order valence-corrected chi connectivity index (χ2v) is 4.75. The summed E-state index contributed by atoms with van der Waals surface area (Å²) in [6.45, 7) is 4.20. The molecule has 0 aliphatic rings. The Kier molecular flexibility index (Phi) is 6.19. The summed E-state index contributed by atoms with van der Waals surface area (Å²) in [5, 5.41) is 18.5.